The lowest BCUT2D eigenvalue weighted by Crippen LogP contribution is -2.28. The second-order valence-corrected chi connectivity index (χ2v) is 4.22. The number of hydrogen-bond donors (Lipinski definition) is 1. The molecular weight excluding hydrogens is 190 g/mol. The van der Waals surface area contributed by atoms with Crippen LogP contribution in [0.1, 0.15) is 26.5 Å². The van der Waals surface area contributed by atoms with Crippen LogP contribution in [0.5, 0.6) is 0 Å². The first-order valence-corrected chi connectivity index (χ1v) is 4.61. The van der Waals surface area contributed by atoms with Crippen LogP contribution >= 0.6 is 0 Å². The van der Waals surface area contributed by atoms with Crippen molar-refractivity contribution in [3.8, 4) is 6.07 Å². The Morgan fingerprint density at radius 2 is 2.20 bits per heavy atom. The van der Waals surface area contributed by atoms with Crippen LogP contribution in [0.25, 0.3) is 0 Å². The van der Waals surface area contributed by atoms with Crippen LogP contribution in [-0.2, 0) is 4.79 Å². The number of rotatable bonds is 1. The van der Waals surface area contributed by atoms with E-state index in [0.29, 0.717) is 5.69 Å². The molecule has 0 saturated heterocycles. The van der Waals surface area contributed by atoms with E-state index < -0.39 is 5.41 Å². The van der Waals surface area contributed by atoms with E-state index >= 15 is 0 Å². The van der Waals surface area contributed by atoms with Gasteiger partial charge in [-0.1, -0.05) is 20.8 Å². The van der Waals surface area contributed by atoms with Crippen molar-refractivity contribution in [3.63, 3.8) is 0 Å². The summed E-state index contributed by atoms with van der Waals surface area (Å²) in [6, 6.07) is 5.27. The summed E-state index contributed by atoms with van der Waals surface area (Å²) in [7, 11) is 0. The molecule has 0 aliphatic heterocycles. The van der Waals surface area contributed by atoms with E-state index in [1.165, 1.54) is 6.20 Å². The fraction of sp³-hybridized carbons (Fsp3) is 0.364. The number of hydrogen-bond acceptors (Lipinski definition) is 3. The van der Waals surface area contributed by atoms with E-state index in [1.807, 2.05) is 26.8 Å². The number of aromatic nitrogens is 1. The molecule has 78 valence electrons. The molecule has 0 aliphatic rings. The van der Waals surface area contributed by atoms with Crippen molar-refractivity contribution in [1.29, 1.82) is 5.26 Å². The molecule has 0 radical (unpaired) electrons. The summed E-state index contributed by atoms with van der Waals surface area (Å²) in [6.45, 7) is 5.43. The van der Waals surface area contributed by atoms with Gasteiger partial charge < -0.3 is 5.32 Å². The summed E-state index contributed by atoms with van der Waals surface area (Å²) in [4.78, 5) is 15.5. The maximum Gasteiger partial charge on any atom is 0.229 e. The fourth-order valence-electron chi connectivity index (χ4n) is 0.905. The van der Waals surface area contributed by atoms with E-state index in [4.69, 9.17) is 5.26 Å². The zero-order chi connectivity index (χ0) is 11.5. The van der Waals surface area contributed by atoms with Gasteiger partial charge in [0.05, 0.1) is 5.69 Å². The van der Waals surface area contributed by atoms with Crippen LogP contribution in [0, 0.1) is 16.7 Å². The molecule has 1 rings (SSSR count). The molecule has 1 heterocycles. The first kappa shape index (κ1) is 11.2. The van der Waals surface area contributed by atoms with E-state index in [1.54, 1.807) is 12.1 Å². The predicted molar refractivity (Wildman–Crippen MR) is 57.0 cm³/mol. The average molecular weight is 203 g/mol. The second-order valence-electron chi connectivity index (χ2n) is 4.22. The van der Waals surface area contributed by atoms with Crippen molar-refractivity contribution in [2.45, 2.75) is 20.8 Å². The summed E-state index contributed by atoms with van der Waals surface area (Å²) in [6.07, 6.45) is 1.52. The van der Waals surface area contributed by atoms with Gasteiger partial charge in [0.25, 0.3) is 0 Å². The van der Waals surface area contributed by atoms with Crippen LogP contribution in [-0.4, -0.2) is 10.9 Å². The van der Waals surface area contributed by atoms with Gasteiger partial charge in [0.2, 0.25) is 5.91 Å². The minimum absolute atomic E-state index is 0.132. The maximum absolute atomic E-state index is 11.7. The van der Waals surface area contributed by atoms with Crippen molar-refractivity contribution in [2.24, 2.45) is 5.41 Å². The molecule has 1 amide bonds. The van der Waals surface area contributed by atoms with Crippen molar-refractivity contribution in [2.75, 3.05) is 5.32 Å². The molecule has 0 unspecified atom stereocenters. The molecule has 0 bridgehead atoms. The first-order valence-electron chi connectivity index (χ1n) is 4.61. The summed E-state index contributed by atoms with van der Waals surface area (Å²) in [5, 5.41) is 11.4. The predicted octanol–water partition coefficient (Wildman–Crippen LogP) is 1.94. The topological polar surface area (TPSA) is 65.8 Å². The van der Waals surface area contributed by atoms with E-state index in [2.05, 4.69) is 10.3 Å². The van der Waals surface area contributed by atoms with Crippen LogP contribution in [0.15, 0.2) is 18.3 Å². The van der Waals surface area contributed by atoms with Crippen molar-refractivity contribution < 1.29 is 4.79 Å². The molecule has 15 heavy (non-hydrogen) atoms. The maximum atomic E-state index is 11.7. The number of pyridine rings is 1. The molecule has 1 aromatic rings. The highest BCUT2D eigenvalue weighted by Gasteiger charge is 2.22. The summed E-state index contributed by atoms with van der Waals surface area (Å²) >= 11 is 0. The standard InChI is InChI=1S/C11H13N3O/c1-11(2,3)10(15)14-8-5-4-6-13-9(8)7-12/h4-6H,1-3H3,(H,14,15). The van der Waals surface area contributed by atoms with Gasteiger partial charge in [-0.15, -0.1) is 0 Å². The monoisotopic (exact) mass is 203 g/mol. The molecule has 1 N–H and O–H groups in total. The van der Waals surface area contributed by atoms with Gasteiger partial charge in [-0.25, -0.2) is 4.98 Å². The lowest BCUT2D eigenvalue weighted by atomic mass is 9.95. The second kappa shape index (κ2) is 4.09. The quantitative estimate of drug-likeness (QED) is 0.758. The Morgan fingerprint density at radius 3 is 2.73 bits per heavy atom. The molecule has 1 aromatic heterocycles. The molecule has 0 aromatic carbocycles. The Morgan fingerprint density at radius 1 is 1.53 bits per heavy atom. The molecule has 0 fully saturated rings. The summed E-state index contributed by atoms with van der Waals surface area (Å²) in [5.74, 6) is -0.132. The van der Waals surface area contributed by atoms with Gasteiger partial charge in [-0.05, 0) is 12.1 Å². The lowest BCUT2D eigenvalue weighted by Gasteiger charge is -2.17. The minimum atomic E-state index is -0.484. The molecule has 0 saturated carbocycles. The highest BCUT2D eigenvalue weighted by atomic mass is 16.2. The molecule has 4 heteroatoms. The largest absolute Gasteiger partial charge is 0.323 e. The highest BCUT2D eigenvalue weighted by Crippen LogP contribution is 2.18. The zero-order valence-corrected chi connectivity index (χ0v) is 9.03. The van der Waals surface area contributed by atoms with Crippen LogP contribution < -0.4 is 5.32 Å². The van der Waals surface area contributed by atoms with Gasteiger partial charge in [-0.2, -0.15) is 5.26 Å². The third-order valence-electron chi connectivity index (χ3n) is 1.84. The number of carbonyl (C=O) groups is 1. The number of nitrogens with one attached hydrogen (secondary N) is 1. The van der Waals surface area contributed by atoms with Crippen molar-refractivity contribution in [3.05, 3.63) is 24.0 Å². The van der Waals surface area contributed by atoms with Crippen molar-refractivity contribution >= 4 is 11.6 Å². The Bertz CT molecular complexity index is 413. The number of carbonyl (C=O) groups excluding carboxylic acids is 1. The van der Waals surface area contributed by atoms with Gasteiger partial charge in [0.1, 0.15) is 6.07 Å². The number of nitriles is 1. The Balaban J connectivity index is 2.92. The van der Waals surface area contributed by atoms with E-state index in [9.17, 15) is 4.79 Å². The van der Waals surface area contributed by atoms with Crippen LogP contribution in [0.2, 0.25) is 0 Å². The molecule has 0 aliphatic carbocycles. The summed E-state index contributed by atoms with van der Waals surface area (Å²) in [5.41, 5.74) is 0.206. The third-order valence-corrected chi connectivity index (χ3v) is 1.84. The third kappa shape index (κ3) is 2.78. The fourth-order valence-corrected chi connectivity index (χ4v) is 0.905. The molecular formula is C11H13N3O. The van der Waals surface area contributed by atoms with Gasteiger partial charge in [-0.3, -0.25) is 4.79 Å². The van der Waals surface area contributed by atoms with Crippen LogP contribution in [0.4, 0.5) is 5.69 Å². The zero-order valence-electron chi connectivity index (χ0n) is 9.03. The SMILES string of the molecule is CC(C)(C)C(=O)Nc1cccnc1C#N. The number of amides is 1. The number of nitrogens with zero attached hydrogens (tertiary/aromatic N) is 2. The lowest BCUT2D eigenvalue weighted by molar-refractivity contribution is -0.123. The molecule has 0 atom stereocenters. The smallest absolute Gasteiger partial charge is 0.229 e. The van der Waals surface area contributed by atoms with Gasteiger partial charge in [0.15, 0.2) is 5.69 Å². The van der Waals surface area contributed by atoms with Crippen LogP contribution in [0.3, 0.4) is 0 Å². The number of anilines is 1. The molecule has 0 spiro atoms. The minimum Gasteiger partial charge on any atom is -0.323 e. The van der Waals surface area contributed by atoms with E-state index in [-0.39, 0.29) is 11.6 Å². The highest BCUT2D eigenvalue weighted by molar-refractivity contribution is 5.95. The summed E-state index contributed by atoms with van der Waals surface area (Å²) < 4.78 is 0. The van der Waals surface area contributed by atoms with Gasteiger partial charge >= 0.3 is 0 Å². The molecule has 4 nitrogen and oxygen atoms in total. The Hall–Kier alpha value is -1.89. The van der Waals surface area contributed by atoms with Crippen molar-refractivity contribution in [1.82, 2.24) is 4.98 Å². The van der Waals surface area contributed by atoms with Gasteiger partial charge in [0, 0.05) is 11.6 Å². The Kier molecular flexibility index (Phi) is 3.05. The normalized spacial score (nSPS) is 10.5. The Labute approximate surface area is 88.9 Å². The average Bonchev–Trinajstić information content (AvgIpc) is 2.17. The van der Waals surface area contributed by atoms with E-state index in [0.717, 1.165) is 0 Å². The first-order chi connectivity index (χ1) is 6.95.